The van der Waals surface area contributed by atoms with Crippen LogP contribution in [0, 0.1) is 5.92 Å². The number of halogens is 1. The van der Waals surface area contributed by atoms with Crippen LogP contribution in [-0.2, 0) is 0 Å². The molecule has 2 aliphatic heterocycles. The molecule has 0 spiro atoms. The maximum absolute atomic E-state index is 12.6. The minimum absolute atomic E-state index is 0.0354. The second-order valence-electron chi connectivity index (χ2n) is 9.51. The predicted molar refractivity (Wildman–Crippen MR) is 138 cm³/mol. The molecular formula is C29H29FN2O5. The van der Waals surface area contributed by atoms with Gasteiger partial charge in [-0.15, -0.1) is 0 Å². The molecule has 8 heteroatoms. The molecule has 1 saturated heterocycles. The van der Waals surface area contributed by atoms with E-state index in [4.69, 9.17) is 15.2 Å². The number of likely N-dealkylation sites (tertiary alicyclic amines) is 1. The average Bonchev–Trinajstić information content (AvgIpc) is 2.85. The van der Waals surface area contributed by atoms with Crippen LogP contribution in [0.25, 0.3) is 11.1 Å². The Morgan fingerprint density at radius 1 is 1.11 bits per heavy atom. The van der Waals surface area contributed by atoms with E-state index in [9.17, 15) is 19.4 Å². The molecule has 0 saturated carbocycles. The number of aromatic hydroxyl groups is 2. The molecule has 1 amide bonds. The van der Waals surface area contributed by atoms with Gasteiger partial charge in [0.2, 0.25) is 0 Å². The van der Waals surface area contributed by atoms with Crippen LogP contribution in [0.4, 0.5) is 4.39 Å². The summed E-state index contributed by atoms with van der Waals surface area (Å²) in [6.45, 7) is 4.50. The maximum Gasteiger partial charge on any atom is 0.252 e. The van der Waals surface area contributed by atoms with Gasteiger partial charge in [0.15, 0.2) is 0 Å². The Morgan fingerprint density at radius 3 is 2.54 bits per heavy atom. The molecule has 2 heterocycles. The zero-order chi connectivity index (χ0) is 26.1. The number of phenolic OH excluding ortho intramolecular Hbond substituents is 1. The van der Waals surface area contributed by atoms with Crippen LogP contribution >= 0.6 is 0 Å². The van der Waals surface area contributed by atoms with Gasteiger partial charge in [0.1, 0.15) is 35.7 Å². The first-order chi connectivity index (χ1) is 17.8. The van der Waals surface area contributed by atoms with Gasteiger partial charge >= 0.3 is 0 Å². The Morgan fingerprint density at radius 2 is 1.86 bits per heavy atom. The third kappa shape index (κ3) is 4.97. The molecule has 0 aromatic heterocycles. The minimum atomic E-state index is -0.714. The van der Waals surface area contributed by atoms with E-state index in [-0.39, 0.29) is 29.7 Å². The highest BCUT2D eigenvalue weighted by molar-refractivity contribution is 5.99. The number of ether oxygens (including phenoxy) is 2. The van der Waals surface area contributed by atoms with Crippen molar-refractivity contribution in [2.75, 3.05) is 32.9 Å². The number of alkyl halides is 1. The van der Waals surface area contributed by atoms with E-state index in [0.29, 0.717) is 17.9 Å². The van der Waals surface area contributed by atoms with Crippen molar-refractivity contribution < 1.29 is 28.9 Å². The van der Waals surface area contributed by atoms with Crippen molar-refractivity contribution in [3.8, 4) is 23.0 Å². The van der Waals surface area contributed by atoms with E-state index in [0.717, 1.165) is 47.7 Å². The number of hydrogen-bond donors (Lipinski definition) is 3. The summed E-state index contributed by atoms with van der Waals surface area (Å²) >= 11 is 0. The van der Waals surface area contributed by atoms with Gasteiger partial charge in [-0.2, -0.15) is 0 Å². The molecule has 2 aliphatic rings. The lowest BCUT2D eigenvalue weighted by atomic mass is 9.85. The van der Waals surface area contributed by atoms with Gasteiger partial charge in [-0.3, -0.25) is 14.1 Å². The fourth-order valence-electron chi connectivity index (χ4n) is 4.94. The summed E-state index contributed by atoms with van der Waals surface area (Å²) in [5, 5.41) is 20.5. The third-order valence-corrected chi connectivity index (χ3v) is 6.96. The van der Waals surface area contributed by atoms with Gasteiger partial charge in [-0.05, 0) is 66.1 Å². The Bertz CT molecular complexity index is 1350. The molecule has 0 radical (unpaired) electrons. The normalized spacial score (nSPS) is 17.6. The first-order valence-corrected chi connectivity index (χ1v) is 12.2. The topological polar surface area (TPSA) is 105 Å². The van der Waals surface area contributed by atoms with Gasteiger partial charge in [0.05, 0.1) is 12.2 Å². The van der Waals surface area contributed by atoms with Crippen LogP contribution in [0.3, 0.4) is 0 Å². The van der Waals surface area contributed by atoms with Crippen LogP contribution in [-0.4, -0.2) is 53.9 Å². The zero-order valence-electron chi connectivity index (χ0n) is 20.5. The molecule has 37 heavy (non-hydrogen) atoms. The second-order valence-corrected chi connectivity index (χ2v) is 9.51. The number of allylic oxidation sites excluding steroid dienone is 1. The van der Waals surface area contributed by atoms with Crippen molar-refractivity contribution >= 4 is 17.1 Å². The van der Waals surface area contributed by atoms with E-state index in [2.05, 4.69) is 4.90 Å². The van der Waals surface area contributed by atoms with E-state index in [1.54, 1.807) is 24.3 Å². The summed E-state index contributed by atoms with van der Waals surface area (Å²) in [7, 11) is 0. The summed E-state index contributed by atoms with van der Waals surface area (Å²) in [4.78, 5) is 13.8. The number of nitrogens with two attached hydrogens (primary N) is 1. The lowest BCUT2D eigenvalue weighted by Gasteiger charge is -2.37. The molecule has 1 unspecified atom stereocenters. The van der Waals surface area contributed by atoms with Gasteiger partial charge in [0.25, 0.3) is 5.91 Å². The molecule has 0 aliphatic carbocycles. The van der Waals surface area contributed by atoms with Crippen LogP contribution in [0.2, 0.25) is 0 Å². The summed E-state index contributed by atoms with van der Waals surface area (Å²) in [5.41, 5.74) is 9.34. The molecule has 1 atom stereocenters. The Kier molecular flexibility index (Phi) is 6.76. The fourth-order valence-corrected chi connectivity index (χ4v) is 4.94. The van der Waals surface area contributed by atoms with Crippen LogP contribution in [0.1, 0.15) is 40.1 Å². The van der Waals surface area contributed by atoms with E-state index in [1.165, 1.54) is 12.1 Å². The average molecular weight is 505 g/mol. The summed E-state index contributed by atoms with van der Waals surface area (Å²) < 4.78 is 24.9. The van der Waals surface area contributed by atoms with Gasteiger partial charge in [-0.25, -0.2) is 0 Å². The van der Waals surface area contributed by atoms with Gasteiger partial charge in [0, 0.05) is 36.7 Å². The number of hydrogen-bond acceptors (Lipinski definition) is 6. The number of nitrogens with zero attached hydrogens (tertiary/aromatic N) is 1. The van der Waals surface area contributed by atoms with Crippen LogP contribution in [0.5, 0.6) is 23.0 Å². The van der Waals surface area contributed by atoms with Crippen molar-refractivity contribution in [3.63, 3.8) is 0 Å². The highest BCUT2D eigenvalue weighted by Crippen LogP contribution is 2.48. The molecule has 7 nitrogen and oxygen atoms in total. The zero-order valence-corrected chi connectivity index (χ0v) is 20.5. The number of phenols is 2. The molecular weight excluding hydrogens is 475 g/mol. The molecule has 1 fully saturated rings. The Labute approximate surface area is 214 Å². The van der Waals surface area contributed by atoms with Crippen molar-refractivity contribution in [1.82, 2.24) is 4.90 Å². The fraction of sp³-hybridized carbons (Fsp3) is 0.276. The maximum atomic E-state index is 12.6. The van der Waals surface area contributed by atoms with Crippen molar-refractivity contribution in [1.29, 1.82) is 0 Å². The quantitative estimate of drug-likeness (QED) is 0.416. The minimum Gasteiger partial charge on any atom is -0.508 e. The van der Waals surface area contributed by atoms with E-state index >= 15 is 0 Å². The van der Waals surface area contributed by atoms with Crippen molar-refractivity contribution in [3.05, 3.63) is 82.9 Å². The number of carbonyl (C=O) groups is 1. The molecule has 5 rings (SSSR count). The largest absolute Gasteiger partial charge is 0.508 e. The summed E-state index contributed by atoms with van der Waals surface area (Å²) in [5.74, 6) is 0.694. The molecule has 4 N–H and O–H groups in total. The van der Waals surface area contributed by atoms with Crippen LogP contribution in [0.15, 0.2) is 60.7 Å². The highest BCUT2D eigenvalue weighted by Gasteiger charge is 2.30. The van der Waals surface area contributed by atoms with Crippen molar-refractivity contribution in [2.24, 2.45) is 11.7 Å². The summed E-state index contributed by atoms with van der Waals surface area (Å²) in [6.07, 6.45) is -0.511. The standard InChI is InChI=1S/C29H29FN2O5/c1-17-24-13-21(33)5-9-26(24)37-28(27(17)20-4-8-23(29(31)35)25(34)12-20)19-2-6-22(7-3-19)36-11-10-32-15-18(14-30)16-32/h2-9,12-13,18,28,33-34H,10-11,14-16H2,1H3,(H2,31,35). The third-order valence-electron chi connectivity index (χ3n) is 6.96. The second kappa shape index (κ2) is 10.1. The monoisotopic (exact) mass is 504 g/mol. The number of benzene rings is 3. The number of rotatable bonds is 8. The number of fused-ring (bicyclic) bond motifs is 1. The first kappa shape index (κ1) is 24.6. The molecule has 3 aromatic carbocycles. The lowest BCUT2D eigenvalue weighted by molar-refractivity contribution is 0.0668. The van der Waals surface area contributed by atoms with Gasteiger partial charge < -0.3 is 25.4 Å². The number of carbonyl (C=O) groups excluding carboxylic acids is 1. The highest BCUT2D eigenvalue weighted by atomic mass is 19.1. The lowest BCUT2D eigenvalue weighted by Crippen LogP contribution is -2.49. The number of amides is 1. The smallest absolute Gasteiger partial charge is 0.252 e. The van der Waals surface area contributed by atoms with E-state index in [1.807, 2.05) is 31.2 Å². The first-order valence-electron chi connectivity index (χ1n) is 12.2. The predicted octanol–water partition coefficient (Wildman–Crippen LogP) is 4.54. The Hall–Kier alpha value is -4.04. The van der Waals surface area contributed by atoms with Crippen molar-refractivity contribution in [2.45, 2.75) is 13.0 Å². The molecule has 3 aromatic rings. The SMILES string of the molecule is CC1=C(c2ccc(C(N)=O)c(O)c2)C(c2ccc(OCCN3CC(CF)C3)cc2)Oc2ccc(O)cc21. The van der Waals surface area contributed by atoms with Crippen LogP contribution < -0.4 is 15.2 Å². The Balaban J connectivity index is 1.42. The number of primary amides is 1. The summed E-state index contributed by atoms with van der Waals surface area (Å²) in [6, 6.07) is 17.3. The van der Waals surface area contributed by atoms with Gasteiger partial charge in [-0.1, -0.05) is 18.2 Å². The van der Waals surface area contributed by atoms with E-state index < -0.39 is 12.0 Å². The molecule has 192 valence electrons. The molecule has 0 bridgehead atoms.